The fourth-order valence-electron chi connectivity index (χ4n) is 1.76. The van der Waals surface area contributed by atoms with Crippen LogP contribution in [0.25, 0.3) is 0 Å². The molecule has 0 aliphatic heterocycles. The van der Waals surface area contributed by atoms with Gasteiger partial charge in [-0.05, 0) is 57.3 Å². The van der Waals surface area contributed by atoms with Crippen LogP contribution in [0, 0.1) is 11.8 Å². The maximum absolute atomic E-state index is 3.52. The number of unbranched alkanes of at least 4 members (excludes halogenated alkanes) is 3. The zero-order chi connectivity index (χ0) is 14.9. The van der Waals surface area contributed by atoms with Gasteiger partial charge in [0.1, 0.15) is 0 Å². The third-order valence-corrected chi connectivity index (χ3v) is 2.91. The van der Waals surface area contributed by atoms with E-state index in [0.29, 0.717) is 0 Å². The van der Waals surface area contributed by atoms with Crippen molar-refractivity contribution in [1.82, 2.24) is 10.6 Å². The summed E-state index contributed by atoms with van der Waals surface area (Å²) in [5.41, 5.74) is 0. The highest BCUT2D eigenvalue weighted by Gasteiger charge is 1.95. The molecule has 19 heavy (non-hydrogen) atoms. The maximum Gasteiger partial charge on any atom is -0.00258 e. The summed E-state index contributed by atoms with van der Waals surface area (Å²) in [7, 11) is 0. The van der Waals surface area contributed by atoms with Gasteiger partial charge >= 0.3 is 0 Å². The van der Waals surface area contributed by atoms with E-state index in [2.05, 4.69) is 38.3 Å². The second-order valence-corrected chi connectivity index (χ2v) is 5.94. The van der Waals surface area contributed by atoms with Crippen LogP contribution in [0.4, 0.5) is 0 Å². The summed E-state index contributed by atoms with van der Waals surface area (Å²) in [6, 6.07) is 0. The second-order valence-electron chi connectivity index (χ2n) is 5.94. The van der Waals surface area contributed by atoms with E-state index < -0.39 is 0 Å². The SMILES string of the molecule is CC.CC(C)CCNCCCCCCNCC(C)C. The Kier molecular flexibility index (Phi) is 20.0. The standard InChI is InChI=1S/C15H34N2.C2H6/c1-14(2)9-12-16-10-7-5-6-8-11-17-13-15(3)4;1-2/h14-17H,5-13H2,1-4H3;1-2H3. The van der Waals surface area contributed by atoms with Crippen molar-refractivity contribution in [1.29, 1.82) is 0 Å². The van der Waals surface area contributed by atoms with Gasteiger partial charge in [0.05, 0.1) is 0 Å². The van der Waals surface area contributed by atoms with Crippen molar-refractivity contribution in [2.75, 3.05) is 26.2 Å². The summed E-state index contributed by atoms with van der Waals surface area (Å²) in [6.45, 7) is 17.8. The van der Waals surface area contributed by atoms with Crippen LogP contribution < -0.4 is 10.6 Å². The van der Waals surface area contributed by atoms with Crippen molar-refractivity contribution in [2.45, 2.75) is 73.6 Å². The summed E-state index contributed by atoms with van der Waals surface area (Å²) in [5.74, 6) is 1.61. The molecular weight excluding hydrogens is 232 g/mol. The fraction of sp³-hybridized carbons (Fsp3) is 1.00. The first-order valence-corrected chi connectivity index (χ1v) is 8.54. The van der Waals surface area contributed by atoms with E-state index in [4.69, 9.17) is 0 Å². The van der Waals surface area contributed by atoms with Crippen LogP contribution in [0.3, 0.4) is 0 Å². The van der Waals surface area contributed by atoms with Gasteiger partial charge in [0.15, 0.2) is 0 Å². The Morgan fingerprint density at radius 1 is 0.632 bits per heavy atom. The molecule has 0 fully saturated rings. The van der Waals surface area contributed by atoms with E-state index in [1.54, 1.807) is 0 Å². The summed E-state index contributed by atoms with van der Waals surface area (Å²) in [5, 5.41) is 7.01. The van der Waals surface area contributed by atoms with Crippen molar-refractivity contribution in [3.05, 3.63) is 0 Å². The van der Waals surface area contributed by atoms with Gasteiger partial charge in [0.25, 0.3) is 0 Å². The quantitative estimate of drug-likeness (QED) is 0.513. The molecule has 0 spiro atoms. The van der Waals surface area contributed by atoms with Crippen molar-refractivity contribution in [3.8, 4) is 0 Å². The van der Waals surface area contributed by atoms with Crippen LogP contribution in [0.15, 0.2) is 0 Å². The highest BCUT2D eigenvalue weighted by atomic mass is 14.9. The van der Waals surface area contributed by atoms with Gasteiger partial charge in [-0.15, -0.1) is 0 Å². The smallest absolute Gasteiger partial charge is 0.00258 e. The van der Waals surface area contributed by atoms with E-state index in [9.17, 15) is 0 Å². The van der Waals surface area contributed by atoms with E-state index in [-0.39, 0.29) is 0 Å². The van der Waals surface area contributed by atoms with Gasteiger partial charge in [0, 0.05) is 0 Å². The molecule has 0 saturated heterocycles. The summed E-state index contributed by atoms with van der Waals surface area (Å²) in [6.07, 6.45) is 6.72. The van der Waals surface area contributed by atoms with E-state index >= 15 is 0 Å². The average molecular weight is 273 g/mol. The Morgan fingerprint density at radius 3 is 1.63 bits per heavy atom. The topological polar surface area (TPSA) is 24.1 Å². The molecule has 0 radical (unpaired) electrons. The Morgan fingerprint density at radius 2 is 1.16 bits per heavy atom. The van der Waals surface area contributed by atoms with Crippen LogP contribution in [0.2, 0.25) is 0 Å². The van der Waals surface area contributed by atoms with E-state index in [1.807, 2.05) is 13.8 Å². The molecule has 0 rings (SSSR count). The summed E-state index contributed by atoms with van der Waals surface area (Å²) < 4.78 is 0. The van der Waals surface area contributed by atoms with Gasteiger partial charge in [-0.2, -0.15) is 0 Å². The van der Waals surface area contributed by atoms with Crippen molar-refractivity contribution in [3.63, 3.8) is 0 Å². The lowest BCUT2D eigenvalue weighted by Crippen LogP contribution is -2.20. The first kappa shape index (κ1) is 21.2. The zero-order valence-electron chi connectivity index (χ0n) is 14.5. The molecule has 0 amide bonds. The van der Waals surface area contributed by atoms with Crippen molar-refractivity contribution >= 4 is 0 Å². The lowest BCUT2D eigenvalue weighted by Gasteiger charge is -2.08. The largest absolute Gasteiger partial charge is 0.317 e. The third kappa shape index (κ3) is 23.4. The van der Waals surface area contributed by atoms with Crippen LogP contribution in [0.5, 0.6) is 0 Å². The first-order chi connectivity index (χ1) is 9.13. The minimum absolute atomic E-state index is 0.778. The maximum atomic E-state index is 3.52. The molecule has 0 saturated carbocycles. The molecule has 0 aliphatic rings. The van der Waals surface area contributed by atoms with Gasteiger partial charge in [-0.1, -0.05) is 54.4 Å². The van der Waals surface area contributed by atoms with Gasteiger partial charge in [-0.3, -0.25) is 0 Å². The molecule has 2 nitrogen and oxygen atoms in total. The predicted octanol–water partition coefficient (Wildman–Crippen LogP) is 4.45. The zero-order valence-corrected chi connectivity index (χ0v) is 14.5. The lowest BCUT2D eigenvalue weighted by molar-refractivity contribution is 0.507. The molecule has 0 aromatic rings. The molecule has 2 heteroatoms. The normalized spacial score (nSPS) is 10.7. The first-order valence-electron chi connectivity index (χ1n) is 8.54. The molecule has 0 aromatic carbocycles. The molecule has 0 atom stereocenters. The van der Waals surface area contributed by atoms with Gasteiger partial charge in [-0.25, -0.2) is 0 Å². The Balaban J connectivity index is 0. The summed E-state index contributed by atoms with van der Waals surface area (Å²) >= 11 is 0. The number of hydrogen-bond acceptors (Lipinski definition) is 2. The monoisotopic (exact) mass is 272 g/mol. The minimum atomic E-state index is 0.778. The average Bonchev–Trinajstić information content (AvgIpc) is 2.37. The minimum Gasteiger partial charge on any atom is -0.317 e. The second kappa shape index (κ2) is 17.9. The molecular formula is C17H40N2. The molecule has 0 aromatic heterocycles. The van der Waals surface area contributed by atoms with Crippen LogP contribution in [-0.2, 0) is 0 Å². The van der Waals surface area contributed by atoms with E-state index in [1.165, 1.54) is 51.7 Å². The molecule has 0 heterocycles. The lowest BCUT2D eigenvalue weighted by atomic mass is 10.1. The molecule has 2 N–H and O–H groups in total. The van der Waals surface area contributed by atoms with Crippen molar-refractivity contribution < 1.29 is 0 Å². The Hall–Kier alpha value is -0.0800. The third-order valence-electron chi connectivity index (χ3n) is 2.91. The van der Waals surface area contributed by atoms with Crippen LogP contribution >= 0.6 is 0 Å². The van der Waals surface area contributed by atoms with Gasteiger partial charge < -0.3 is 10.6 Å². The highest BCUT2D eigenvalue weighted by molar-refractivity contribution is 4.54. The summed E-state index contributed by atoms with van der Waals surface area (Å²) in [4.78, 5) is 0. The Bertz CT molecular complexity index is 128. The van der Waals surface area contributed by atoms with Crippen LogP contribution in [-0.4, -0.2) is 26.2 Å². The Labute approximate surface area is 123 Å². The van der Waals surface area contributed by atoms with Crippen LogP contribution in [0.1, 0.15) is 73.6 Å². The molecule has 0 unspecified atom stereocenters. The molecule has 0 aliphatic carbocycles. The highest BCUT2D eigenvalue weighted by Crippen LogP contribution is 1.99. The number of nitrogens with one attached hydrogen (secondary N) is 2. The van der Waals surface area contributed by atoms with E-state index in [0.717, 1.165) is 18.4 Å². The predicted molar refractivity (Wildman–Crippen MR) is 89.8 cm³/mol. The van der Waals surface area contributed by atoms with Gasteiger partial charge in [0.2, 0.25) is 0 Å². The fourth-order valence-corrected chi connectivity index (χ4v) is 1.76. The molecule has 118 valence electrons. The number of hydrogen-bond donors (Lipinski definition) is 2. The molecule has 0 bridgehead atoms. The van der Waals surface area contributed by atoms with Crippen molar-refractivity contribution in [2.24, 2.45) is 11.8 Å². The number of rotatable bonds is 12.